The minimum atomic E-state index is 0.134. The molecule has 3 heteroatoms. The molecular formula is C14H16N2O. The predicted molar refractivity (Wildman–Crippen MR) is 66.7 cm³/mol. The van der Waals surface area contributed by atoms with Crippen molar-refractivity contribution in [3.8, 4) is 0 Å². The van der Waals surface area contributed by atoms with Gasteiger partial charge < -0.3 is 5.11 Å². The number of hydrogen-bond acceptors (Lipinski definition) is 3. The molecule has 0 fully saturated rings. The number of aliphatic hydroxyl groups excluding tert-OH is 1. The van der Waals surface area contributed by atoms with Crippen molar-refractivity contribution in [3.05, 3.63) is 59.7 Å². The number of nitrogens with zero attached hydrogens (tertiary/aromatic N) is 2. The molecule has 0 amide bonds. The summed E-state index contributed by atoms with van der Waals surface area (Å²) in [6, 6.07) is 12.3. The van der Waals surface area contributed by atoms with Crippen LogP contribution < -0.4 is 0 Å². The van der Waals surface area contributed by atoms with Gasteiger partial charge in [0.05, 0.1) is 0 Å². The van der Waals surface area contributed by atoms with E-state index in [0.29, 0.717) is 6.42 Å². The Morgan fingerprint density at radius 3 is 2.29 bits per heavy atom. The number of aryl methyl sites for hydroxylation is 2. The first-order valence-corrected chi connectivity index (χ1v) is 5.83. The smallest absolute Gasteiger partial charge is 0.115 e. The summed E-state index contributed by atoms with van der Waals surface area (Å²) < 4.78 is 0. The van der Waals surface area contributed by atoms with Crippen molar-refractivity contribution in [2.75, 3.05) is 6.61 Å². The lowest BCUT2D eigenvalue weighted by Gasteiger charge is -2.03. The summed E-state index contributed by atoms with van der Waals surface area (Å²) in [4.78, 5) is 8.36. The third-order valence-electron chi connectivity index (χ3n) is 2.66. The summed E-state index contributed by atoms with van der Waals surface area (Å²) in [5.41, 5.74) is 3.26. The van der Waals surface area contributed by atoms with E-state index in [1.54, 1.807) is 6.33 Å². The second-order valence-electron chi connectivity index (χ2n) is 3.96. The second-order valence-corrected chi connectivity index (χ2v) is 3.96. The Kier molecular flexibility index (Phi) is 4.22. The topological polar surface area (TPSA) is 46.0 Å². The van der Waals surface area contributed by atoms with E-state index in [-0.39, 0.29) is 6.61 Å². The van der Waals surface area contributed by atoms with Crippen LogP contribution in [-0.4, -0.2) is 21.7 Å². The van der Waals surface area contributed by atoms with Gasteiger partial charge in [0, 0.05) is 24.4 Å². The molecule has 17 heavy (non-hydrogen) atoms. The van der Waals surface area contributed by atoms with E-state index in [9.17, 15) is 0 Å². The molecule has 0 atom stereocenters. The highest BCUT2D eigenvalue weighted by Gasteiger charge is 1.99. The number of aliphatic hydroxyl groups is 1. The van der Waals surface area contributed by atoms with E-state index in [1.165, 1.54) is 5.56 Å². The number of hydrogen-bond donors (Lipinski definition) is 1. The van der Waals surface area contributed by atoms with Gasteiger partial charge in [-0.3, -0.25) is 0 Å². The summed E-state index contributed by atoms with van der Waals surface area (Å²) in [5, 5.41) is 8.86. The molecule has 2 rings (SSSR count). The van der Waals surface area contributed by atoms with Crippen molar-refractivity contribution in [1.29, 1.82) is 0 Å². The summed E-state index contributed by atoms with van der Waals surface area (Å²) in [7, 11) is 0. The first-order valence-electron chi connectivity index (χ1n) is 5.83. The quantitative estimate of drug-likeness (QED) is 0.848. The number of rotatable bonds is 5. The Balaban J connectivity index is 1.97. The highest BCUT2D eigenvalue weighted by molar-refractivity contribution is 5.17. The monoisotopic (exact) mass is 228 g/mol. The Labute approximate surface area is 101 Å². The van der Waals surface area contributed by atoms with Gasteiger partial charge in [0.2, 0.25) is 0 Å². The molecular weight excluding hydrogens is 212 g/mol. The molecule has 0 aliphatic carbocycles. The molecule has 2 aromatic rings. The largest absolute Gasteiger partial charge is 0.396 e. The lowest BCUT2D eigenvalue weighted by atomic mass is 10.1. The maximum atomic E-state index is 8.86. The highest BCUT2D eigenvalue weighted by atomic mass is 16.3. The van der Waals surface area contributed by atoms with E-state index in [1.807, 2.05) is 24.3 Å². The van der Waals surface area contributed by atoms with Crippen molar-refractivity contribution in [1.82, 2.24) is 9.97 Å². The SMILES string of the molecule is OCCc1cc(CCc2ccccc2)ncn1. The fourth-order valence-corrected chi connectivity index (χ4v) is 1.75. The minimum Gasteiger partial charge on any atom is -0.396 e. The van der Waals surface area contributed by atoms with Crippen LogP contribution in [0.5, 0.6) is 0 Å². The van der Waals surface area contributed by atoms with E-state index in [2.05, 4.69) is 22.1 Å². The van der Waals surface area contributed by atoms with Crippen LogP contribution in [0.4, 0.5) is 0 Å². The Hall–Kier alpha value is -1.74. The second kappa shape index (κ2) is 6.11. The highest BCUT2D eigenvalue weighted by Crippen LogP contribution is 2.06. The first-order chi connectivity index (χ1) is 8.38. The lowest BCUT2D eigenvalue weighted by molar-refractivity contribution is 0.298. The molecule has 3 nitrogen and oxygen atoms in total. The van der Waals surface area contributed by atoms with Gasteiger partial charge in [-0.1, -0.05) is 30.3 Å². The van der Waals surface area contributed by atoms with E-state index < -0.39 is 0 Å². The van der Waals surface area contributed by atoms with Crippen molar-refractivity contribution >= 4 is 0 Å². The summed E-state index contributed by atoms with van der Waals surface area (Å²) >= 11 is 0. The zero-order chi connectivity index (χ0) is 11.9. The number of benzene rings is 1. The molecule has 0 saturated heterocycles. The number of aromatic nitrogens is 2. The van der Waals surface area contributed by atoms with Crippen molar-refractivity contribution < 1.29 is 5.11 Å². The van der Waals surface area contributed by atoms with Crippen molar-refractivity contribution in [2.24, 2.45) is 0 Å². The van der Waals surface area contributed by atoms with Crippen molar-refractivity contribution in [2.45, 2.75) is 19.3 Å². The maximum Gasteiger partial charge on any atom is 0.115 e. The maximum absolute atomic E-state index is 8.86. The van der Waals surface area contributed by atoms with Gasteiger partial charge in [-0.05, 0) is 24.5 Å². The summed E-state index contributed by atoms with van der Waals surface area (Å²) in [5.74, 6) is 0. The van der Waals surface area contributed by atoms with Crippen LogP contribution in [0.25, 0.3) is 0 Å². The van der Waals surface area contributed by atoms with Gasteiger partial charge in [-0.25, -0.2) is 9.97 Å². The van der Waals surface area contributed by atoms with Crippen LogP contribution in [0.15, 0.2) is 42.7 Å². The Morgan fingerprint density at radius 1 is 0.882 bits per heavy atom. The van der Waals surface area contributed by atoms with Crippen LogP contribution in [0.3, 0.4) is 0 Å². The molecule has 1 heterocycles. The molecule has 0 aliphatic rings. The molecule has 1 N–H and O–H groups in total. The van der Waals surface area contributed by atoms with Gasteiger partial charge in [0.1, 0.15) is 6.33 Å². The third kappa shape index (κ3) is 3.64. The van der Waals surface area contributed by atoms with Crippen LogP contribution >= 0.6 is 0 Å². The fraction of sp³-hybridized carbons (Fsp3) is 0.286. The van der Waals surface area contributed by atoms with Gasteiger partial charge in [-0.2, -0.15) is 0 Å². The van der Waals surface area contributed by atoms with Crippen LogP contribution in [-0.2, 0) is 19.3 Å². The van der Waals surface area contributed by atoms with Crippen molar-refractivity contribution in [3.63, 3.8) is 0 Å². The summed E-state index contributed by atoms with van der Waals surface area (Å²) in [6.45, 7) is 0.134. The normalized spacial score (nSPS) is 10.4. The Morgan fingerprint density at radius 2 is 1.59 bits per heavy atom. The zero-order valence-electron chi connectivity index (χ0n) is 9.71. The molecule has 1 aromatic carbocycles. The predicted octanol–water partition coefficient (Wildman–Crippen LogP) is 1.80. The van der Waals surface area contributed by atoms with Gasteiger partial charge >= 0.3 is 0 Å². The van der Waals surface area contributed by atoms with Crippen LogP contribution in [0.2, 0.25) is 0 Å². The molecule has 1 aromatic heterocycles. The van der Waals surface area contributed by atoms with E-state index in [0.717, 1.165) is 24.2 Å². The molecule has 0 bridgehead atoms. The molecule has 0 aliphatic heterocycles. The molecule has 88 valence electrons. The molecule has 0 saturated carbocycles. The first kappa shape index (κ1) is 11.7. The van der Waals surface area contributed by atoms with Gasteiger partial charge in [0.25, 0.3) is 0 Å². The fourth-order valence-electron chi connectivity index (χ4n) is 1.75. The average molecular weight is 228 g/mol. The molecule has 0 radical (unpaired) electrons. The van der Waals surface area contributed by atoms with E-state index >= 15 is 0 Å². The molecule has 0 unspecified atom stereocenters. The average Bonchev–Trinajstić information content (AvgIpc) is 2.39. The van der Waals surface area contributed by atoms with Crippen LogP contribution in [0, 0.1) is 0 Å². The van der Waals surface area contributed by atoms with Gasteiger partial charge in [-0.15, -0.1) is 0 Å². The third-order valence-corrected chi connectivity index (χ3v) is 2.66. The lowest BCUT2D eigenvalue weighted by Crippen LogP contribution is -2.00. The summed E-state index contributed by atoms with van der Waals surface area (Å²) in [6.07, 6.45) is 4.06. The van der Waals surface area contributed by atoms with Crippen LogP contribution in [0.1, 0.15) is 17.0 Å². The zero-order valence-corrected chi connectivity index (χ0v) is 9.71. The molecule has 0 spiro atoms. The minimum absolute atomic E-state index is 0.134. The van der Waals surface area contributed by atoms with Gasteiger partial charge in [0.15, 0.2) is 0 Å². The Bertz CT molecular complexity index is 457. The standard InChI is InChI=1S/C14H16N2O/c17-9-8-14-10-13(15-11-16-14)7-6-12-4-2-1-3-5-12/h1-5,10-11,17H,6-9H2. The van der Waals surface area contributed by atoms with E-state index in [4.69, 9.17) is 5.11 Å².